The van der Waals surface area contributed by atoms with Gasteiger partial charge in [-0.15, -0.1) is 0 Å². The van der Waals surface area contributed by atoms with Gasteiger partial charge in [0, 0.05) is 18.3 Å². The van der Waals surface area contributed by atoms with E-state index in [9.17, 15) is 14.4 Å². The van der Waals surface area contributed by atoms with E-state index < -0.39 is 11.9 Å². The molecule has 0 aliphatic carbocycles. The number of amides is 2. The molecular weight excluding hydrogens is 462 g/mol. The fourth-order valence-electron chi connectivity index (χ4n) is 3.79. The Morgan fingerprint density at radius 1 is 0.972 bits per heavy atom. The van der Waals surface area contributed by atoms with Gasteiger partial charge in [-0.3, -0.25) is 19.3 Å². The van der Waals surface area contributed by atoms with Crippen LogP contribution in [0.4, 0.5) is 11.4 Å². The minimum atomic E-state index is -0.436. The summed E-state index contributed by atoms with van der Waals surface area (Å²) in [5.74, 6) is 0.239. The van der Waals surface area contributed by atoms with Crippen molar-refractivity contribution in [2.75, 3.05) is 43.1 Å². The van der Waals surface area contributed by atoms with Gasteiger partial charge in [0.15, 0.2) is 11.5 Å². The average molecular weight is 496 g/mol. The minimum absolute atomic E-state index is 0.0697. The van der Waals surface area contributed by atoms with Gasteiger partial charge in [-0.05, 0) is 57.0 Å². The summed E-state index contributed by atoms with van der Waals surface area (Å²) in [6.07, 6.45) is 1.85. The zero-order valence-electron chi connectivity index (χ0n) is 21.0. The number of carbonyl (C=O) groups is 3. The first-order chi connectivity index (χ1) is 17.4. The van der Waals surface area contributed by atoms with Crippen LogP contribution >= 0.6 is 0 Å². The first kappa shape index (κ1) is 26.6. The second-order valence-corrected chi connectivity index (χ2v) is 7.96. The summed E-state index contributed by atoms with van der Waals surface area (Å²) >= 11 is 0. The van der Waals surface area contributed by atoms with Crippen LogP contribution in [-0.2, 0) is 25.5 Å². The van der Waals surface area contributed by atoms with E-state index in [-0.39, 0.29) is 25.5 Å². The van der Waals surface area contributed by atoms with Gasteiger partial charge in [-0.2, -0.15) is 0 Å². The molecule has 0 saturated heterocycles. The third-order valence-corrected chi connectivity index (χ3v) is 5.34. The predicted molar refractivity (Wildman–Crippen MR) is 137 cm³/mol. The highest BCUT2D eigenvalue weighted by Gasteiger charge is 2.25. The van der Waals surface area contributed by atoms with Gasteiger partial charge in [0.25, 0.3) is 5.91 Å². The number of carbonyl (C=O) groups excluding carboxylic acids is 3. The number of fused-ring (bicyclic) bond motifs is 1. The first-order valence-electron chi connectivity index (χ1n) is 12.1. The number of hydrogen-bond acceptors (Lipinski definition) is 7. The molecule has 0 atom stereocenters. The predicted octanol–water partition coefficient (Wildman–Crippen LogP) is 3.44. The van der Waals surface area contributed by atoms with Crippen LogP contribution in [0.2, 0.25) is 0 Å². The van der Waals surface area contributed by atoms with Gasteiger partial charge in [-0.1, -0.05) is 18.2 Å². The zero-order valence-corrected chi connectivity index (χ0v) is 21.0. The lowest BCUT2D eigenvalue weighted by Gasteiger charge is -2.21. The molecule has 1 aliphatic heterocycles. The number of anilines is 2. The Morgan fingerprint density at radius 3 is 2.47 bits per heavy atom. The van der Waals surface area contributed by atoms with Gasteiger partial charge in [0.1, 0.15) is 6.54 Å². The van der Waals surface area contributed by atoms with E-state index in [1.165, 1.54) is 11.0 Å². The fourth-order valence-corrected chi connectivity index (χ4v) is 3.79. The van der Waals surface area contributed by atoms with Crippen molar-refractivity contribution < 1.29 is 28.6 Å². The monoisotopic (exact) mass is 495 g/mol. The smallest absolute Gasteiger partial charge is 0.311 e. The Hall–Kier alpha value is -4.01. The number of rotatable bonds is 12. The summed E-state index contributed by atoms with van der Waals surface area (Å²) in [5, 5.41) is 6.00. The summed E-state index contributed by atoms with van der Waals surface area (Å²) in [6.45, 7) is 7.11. The SMILES string of the molecule is CCOC(=O)CC1=CC(=O)N(CC(=O)NCCc2ccc(OCC)c(OCC)c2)c2ccccc2N1. The number of benzene rings is 2. The molecule has 9 nitrogen and oxygen atoms in total. The van der Waals surface area contributed by atoms with E-state index in [2.05, 4.69) is 10.6 Å². The van der Waals surface area contributed by atoms with Crippen LogP contribution in [0.1, 0.15) is 32.8 Å². The Balaban J connectivity index is 1.64. The molecule has 0 spiro atoms. The lowest BCUT2D eigenvalue weighted by molar-refractivity contribution is -0.142. The quantitative estimate of drug-likeness (QED) is 0.435. The fraction of sp³-hybridized carbons (Fsp3) is 0.370. The Kier molecular flexibility index (Phi) is 9.73. The Morgan fingerprint density at radius 2 is 1.72 bits per heavy atom. The standard InChI is InChI=1S/C27H33N3O6/c1-4-34-23-12-11-19(15-24(23)35-5-2)13-14-28-25(31)18-30-22-10-8-7-9-21(22)29-20(16-26(30)32)17-27(33)36-6-3/h7-12,15-16,29H,4-6,13-14,17-18H2,1-3H3,(H,28,31). The maximum absolute atomic E-state index is 13.0. The maximum atomic E-state index is 13.0. The van der Waals surface area contributed by atoms with Crippen molar-refractivity contribution in [3.8, 4) is 11.5 Å². The molecule has 0 aromatic heterocycles. The zero-order chi connectivity index (χ0) is 25.9. The molecule has 0 fully saturated rings. The minimum Gasteiger partial charge on any atom is -0.490 e. The molecule has 2 aromatic rings. The average Bonchev–Trinajstić information content (AvgIpc) is 2.97. The summed E-state index contributed by atoms with van der Waals surface area (Å²) < 4.78 is 16.3. The molecule has 2 amide bonds. The van der Waals surface area contributed by atoms with E-state index in [0.717, 1.165) is 5.56 Å². The summed E-state index contributed by atoms with van der Waals surface area (Å²) in [6, 6.07) is 12.9. The molecule has 0 bridgehead atoms. The van der Waals surface area contributed by atoms with Crippen molar-refractivity contribution in [2.45, 2.75) is 33.6 Å². The van der Waals surface area contributed by atoms with E-state index >= 15 is 0 Å². The van der Waals surface area contributed by atoms with E-state index in [1.807, 2.05) is 38.1 Å². The van der Waals surface area contributed by atoms with E-state index in [1.54, 1.807) is 25.1 Å². The Labute approximate surface area is 211 Å². The molecule has 0 radical (unpaired) electrons. The topological polar surface area (TPSA) is 106 Å². The number of nitrogens with one attached hydrogen (secondary N) is 2. The lowest BCUT2D eigenvalue weighted by atomic mass is 10.1. The maximum Gasteiger partial charge on any atom is 0.311 e. The molecule has 0 unspecified atom stereocenters. The summed E-state index contributed by atoms with van der Waals surface area (Å²) in [7, 11) is 0. The second-order valence-electron chi connectivity index (χ2n) is 7.96. The van der Waals surface area contributed by atoms with Gasteiger partial charge in [0.05, 0.1) is 37.6 Å². The van der Waals surface area contributed by atoms with Crippen LogP contribution in [0.25, 0.3) is 0 Å². The third kappa shape index (κ3) is 7.24. The van der Waals surface area contributed by atoms with Crippen molar-refractivity contribution in [2.24, 2.45) is 0 Å². The molecule has 1 aliphatic rings. The molecule has 1 heterocycles. The lowest BCUT2D eigenvalue weighted by Crippen LogP contribution is -2.40. The van der Waals surface area contributed by atoms with Crippen LogP contribution in [0, 0.1) is 0 Å². The molecule has 0 saturated carbocycles. The number of esters is 1. The molecule has 2 N–H and O–H groups in total. The van der Waals surface area contributed by atoms with Gasteiger partial charge >= 0.3 is 5.97 Å². The largest absolute Gasteiger partial charge is 0.490 e. The molecule has 2 aromatic carbocycles. The Bertz CT molecular complexity index is 1110. The number of ether oxygens (including phenoxy) is 3. The van der Waals surface area contributed by atoms with Crippen molar-refractivity contribution >= 4 is 29.2 Å². The van der Waals surface area contributed by atoms with Crippen molar-refractivity contribution in [3.05, 3.63) is 59.8 Å². The van der Waals surface area contributed by atoms with Crippen molar-refractivity contribution in [3.63, 3.8) is 0 Å². The highest BCUT2D eigenvalue weighted by molar-refractivity contribution is 6.09. The highest BCUT2D eigenvalue weighted by Crippen LogP contribution is 2.31. The van der Waals surface area contributed by atoms with Gasteiger partial charge in [-0.25, -0.2) is 0 Å². The van der Waals surface area contributed by atoms with Gasteiger partial charge < -0.3 is 24.8 Å². The third-order valence-electron chi connectivity index (χ3n) is 5.34. The molecule has 3 rings (SSSR count). The first-order valence-corrected chi connectivity index (χ1v) is 12.1. The molecule has 36 heavy (non-hydrogen) atoms. The van der Waals surface area contributed by atoms with Gasteiger partial charge in [0.2, 0.25) is 5.91 Å². The number of para-hydroxylation sites is 2. The van der Waals surface area contributed by atoms with Crippen LogP contribution < -0.4 is 25.0 Å². The van der Waals surface area contributed by atoms with Crippen LogP contribution in [-0.4, -0.2) is 50.7 Å². The normalized spacial score (nSPS) is 12.6. The van der Waals surface area contributed by atoms with Crippen LogP contribution in [0.5, 0.6) is 11.5 Å². The molecule has 192 valence electrons. The number of nitrogens with zero attached hydrogens (tertiary/aromatic N) is 1. The highest BCUT2D eigenvalue weighted by atomic mass is 16.5. The summed E-state index contributed by atoms with van der Waals surface area (Å²) in [5.41, 5.74) is 2.59. The molecule has 9 heteroatoms. The van der Waals surface area contributed by atoms with Crippen LogP contribution in [0.3, 0.4) is 0 Å². The van der Waals surface area contributed by atoms with E-state index in [4.69, 9.17) is 14.2 Å². The van der Waals surface area contributed by atoms with Crippen LogP contribution in [0.15, 0.2) is 54.2 Å². The van der Waals surface area contributed by atoms with Crippen molar-refractivity contribution in [1.82, 2.24) is 5.32 Å². The van der Waals surface area contributed by atoms with E-state index in [0.29, 0.717) is 54.8 Å². The van der Waals surface area contributed by atoms with Crippen molar-refractivity contribution in [1.29, 1.82) is 0 Å². The number of hydrogen-bond donors (Lipinski definition) is 2. The summed E-state index contributed by atoms with van der Waals surface area (Å²) in [4.78, 5) is 39.1. The molecular formula is C27H33N3O6. The second kappa shape index (κ2) is 13.2.